The van der Waals surface area contributed by atoms with Gasteiger partial charge in [0.05, 0.1) is 0 Å². The lowest BCUT2D eigenvalue weighted by Gasteiger charge is -2.32. The van der Waals surface area contributed by atoms with Crippen LogP contribution in [-0.2, 0) is 23.2 Å². The van der Waals surface area contributed by atoms with Crippen LogP contribution in [0.5, 0.6) is 0 Å². The number of fused-ring (bicyclic) bond motifs is 1. The molecule has 0 amide bonds. The largest absolute Gasteiger partial charge is 0.367 e. The van der Waals surface area contributed by atoms with Crippen molar-refractivity contribution >= 4 is 11.6 Å². The van der Waals surface area contributed by atoms with E-state index < -0.39 is 0 Å². The molecule has 1 aromatic rings. The van der Waals surface area contributed by atoms with Crippen LogP contribution in [0, 0.1) is 0 Å². The van der Waals surface area contributed by atoms with Gasteiger partial charge in [0, 0.05) is 17.9 Å². The Morgan fingerprint density at radius 3 is 2.43 bits per heavy atom. The van der Waals surface area contributed by atoms with Crippen molar-refractivity contribution in [1.29, 1.82) is 0 Å². The second-order valence-electron chi connectivity index (χ2n) is 6.31. The Bertz CT molecular complexity index is 496. The first-order chi connectivity index (χ1) is 10.2. The molecular weight excluding hydrogens is 284 g/mol. The molecule has 1 saturated carbocycles. The SMILES string of the molecule is CCOC1(c2nc(Cl)c3c(n2)CCCC3)CCCCCC1. The Labute approximate surface area is 132 Å². The Morgan fingerprint density at radius 2 is 1.71 bits per heavy atom. The molecule has 0 saturated heterocycles. The minimum atomic E-state index is -0.304. The van der Waals surface area contributed by atoms with Gasteiger partial charge in [0.15, 0.2) is 5.82 Å². The molecular formula is C17H25ClN2O. The van der Waals surface area contributed by atoms with Gasteiger partial charge in [-0.1, -0.05) is 37.3 Å². The van der Waals surface area contributed by atoms with Crippen LogP contribution in [0.25, 0.3) is 0 Å². The van der Waals surface area contributed by atoms with E-state index in [1.54, 1.807) is 0 Å². The van der Waals surface area contributed by atoms with Gasteiger partial charge in [0.2, 0.25) is 0 Å². The van der Waals surface area contributed by atoms with Crippen LogP contribution in [0.3, 0.4) is 0 Å². The summed E-state index contributed by atoms with van der Waals surface area (Å²) >= 11 is 6.46. The molecule has 21 heavy (non-hydrogen) atoms. The van der Waals surface area contributed by atoms with Gasteiger partial charge < -0.3 is 4.74 Å². The fraction of sp³-hybridized carbons (Fsp3) is 0.765. The third-order valence-corrected chi connectivity index (χ3v) is 5.18. The predicted molar refractivity (Wildman–Crippen MR) is 84.7 cm³/mol. The average molecular weight is 309 g/mol. The first-order valence-corrected chi connectivity index (χ1v) is 8.83. The number of rotatable bonds is 3. The second-order valence-corrected chi connectivity index (χ2v) is 6.67. The maximum absolute atomic E-state index is 6.46. The highest BCUT2D eigenvalue weighted by Crippen LogP contribution is 2.39. The molecule has 0 atom stereocenters. The Balaban J connectivity index is 2.00. The zero-order valence-electron chi connectivity index (χ0n) is 13.0. The van der Waals surface area contributed by atoms with Crippen molar-refractivity contribution in [2.24, 2.45) is 0 Å². The summed E-state index contributed by atoms with van der Waals surface area (Å²) in [5, 5.41) is 0.665. The van der Waals surface area contributed by atoms with Gasteiger partial charge in [0.1, 0.15) is 10.8 Å². The highest BCUT2D eigenvalue weighted by molar-refractivity contribution is 6.30. The predicted octanol–water partition coefficient (Wildman–Crippen LogP) is 4.59. The zero-order valence-corrected chi connectivity index (χ0v) is 13.7. The molecule has 0 spiro atoms. The second kappa shape index (κ2) is 6.62. The summed E-state index contributed by atoms with van der Waals surface area (Å²) in [6, 6.07) is 0. The van der Waals surface area contributed by atoms with E-state index in [1.165, 1.54) is 49.8 Å². The summed E-state index contributed by atoms with van der Waals surface area (Å²) in [5.74, 6) is 0.844. The number of aryl methyl sites for hydroxylation is 1. The molecule has 3 rings (SSSR count). The van der Waals surface area contributed by atoms with Crippen molar-refractivity contribution in [2.75, 3.05) is 6.61 Å². The van der Waals surface area contributed by atoms with E-state index in [4.69, 9.17) is 21.3 Å². The monoisotopic (exact) mass is 308 g/mol. The molecule has 0 bridgehead atoms. The third kappa shape index (κ3) is 3.09. The normalized spacial score (nSPS) is 21.6. The van der Waals surface area contributed by atoms with E-state index in [-0.39, 0.29) is 5.60 Å². The molecule has 1 fully saturated rings. The number of aromatic nitrogens is 2. The van der Waals surface area contributed by atoms with Gasteiger partial charge in [-0.3, -0.25) is 0 Å². The fourth-order valence-electron chi connectivity index (χ4n) is 3.76. The molecule has 0 radical (unpaired) electrons. The van der Waals surface area contributed by atoms with Crippen LogP contribution in [0.1, 0.15) is 75.4 Å². The number of ether oxygens (including phenoxy) is 1. The molecule has 2 aliphatic carbocycles. The van der Waals surface area contributed by atoms with Crippen molar-refractivity contribution in [3.05, 3.63) is 22.2 Å². The molecule has 0 aromatic carbocycles. The van der Waals surface area contributed by atoms with Crippen LogP contribution in [0.4, 0.5) is 0 Å². The summed E-state index contributed by atoms with van der Waals surface area (Å²) in [6.45, 7) is 2.77. The number of nitrogens with zero attached hydrogens (tertiary/aromatic N) is 2. The number of hydrogen-bond acceptors (Lipinski definition) is 3. The Hall–Kier alpha value is -0.670. The van der Waals surface area contributed by atoms with Crippen LogP contribution in [-0.4, -0.2) is 16.6 Å². The van der Waals surface area contributed by atoms with Crippen LogP contribution >= 0.6 is 11.6 Å². The Morgan fingerprint density at radius 1 is 1.00 bits per heavy atom. The molecule has 4 heteroatoms. The van der Waals surface area contributed by atoms with Gasteiger partial charge >= 0.3 is 0 Å². The summed E-state index contributed by atoms with van der Waals surface area (Å²) < 4.78 is 6.20. The fourth-order valence-corrected chi connectivity index (χ4v) is 4.04. The smallest absolute Gasteiger partial charge is 0.162 e. The van der Waals surface area contributed by atoms with Crippen molar-refractivity contribution in [2.45, 2.75) is 76.7 Å². The molecule has 1 heterocycles. The van der Waals surface area contributed by atoms with Gasteiger partial charge in [-0.15, -0.1) is 0 Å². The number of halogens is 1. The molecule has 2 aliphatic rings. The maximum atomic E-state index is 6.46. The van der Waals surface area contributed by atoms with Gasteiger partial charge in [-0.2, -0.15) is 0 Å². The van der Waals surface area contributed by atoms with Gasteiger partial charge in [0.25, 0.3) is 0 Å². The van der Waals surface area contributed by atoms with Crippen LogP contribution in [0.15, 0.2) is 0 Å². The van der Waals surface area contributed by atoms with Crippen molar-refractivity contribution in [1.82, 2.24) is 9.97 Å². The molecule has 116 valence electrons. The lowest BCUT2D eigenvalue weighted by molar-refractivity contribution is -0.0626. The highest BCUT2D eigenvalue weighted by Gasteiger charge is 2.37. The molecule has 0 N–H and O–H groups in total. The van der Waals surface area contributed by atoms with E-state index in [0.717, 1.165) is 31.5 Å². The topological polar surface area (TPSA) is 35.0 Å². The molecule has 0 aliphatic heterocycles. The lowest BCUT2D eigenvalue weighted by atomic mass is 9.91. The molecule has 0 unspecified atom stereocenters. The van der Waals surface area contributed by atoms with Gasteiger partial charge in [-0.05, 0) is 45.4 Å². The summed E-state index contributed by atoms with van der Waals surface area (Å²) in [6.07, 6.45) is 11.5. The van der Waals surface area contributed by atoms with Gasteiger partial charge in [-0.25, -0.2) is 9.97 Å². The molecule has 1 aromatic heterocycles. The van der Waals surface area contributed by atoms with E-state index in [0.29, 0.717) is 11.8 Å². The quantitative estimate of drug-likeness (QED) is 0.605. The van der Waals surface area contributed by atoms with Crippen molar-refractivity contribution in [3.63, 3.8) is 0 Å². The van der Waals surface area contributed by atoms with Crippen molar-refractivity contribution < 1.29 is 4.74 Å². The highest BCUT2D eigenvalue weighted by atomic mass is 35.5. The summed E-state index contributed by atoms with van der Waals surface area (Å²) in [4.78, 5) is 9.58. The van der Waals surface area contributed by atoms with E-state index in [1.807, 2.05) is 0 Å². The van der Waals surface area contributed by atoms with Crippen LogP contribution < -0.4 is 0 Å². The molecule has 3 nitrogen and oxygen atoms in total. The lowest BCUT2D eigenvalue weighted by Crippen LogP contribution is -2.32. The van der Waals surface area contributed by atoms with E-state index >= 15 is 0 Å². The van der Waals surface area contributed by atoms with E-state index in [9.17, 15) is 0 Å². The average Bonchev–Trinajstić information content (AvgIpc) is 2.74. The van der Waals surface area contributed by atoms with Crippen LogP contribution in [0.2, 0.25) is 5.15 Å². The standard InChI is InChI=1S/C17H25ClN2O/c1-2-21-17(11-7-3-4-8-12-17)16-19-14-10-6-5-9-13(14)15(18)20-16/h2-12H2,1H3. The summed E-state index contributed by atoms with van der Waals surface area (Å²) in [7, 11) is 0. The minimum absolute atomic E-state index is 0.304. The maximum Gasteiger partial charge on any atom is 0.162 e. The van der Waals surface area contributed by atoms with Crippen molar-refractivity contribution in [3.8, 4) is 0 Å². The first kappa shape index (κ1) is 15.2. The zero-order chi connectivity index (χ0) is 14.7. The van der Waals surface area contributed by atoms with E-state index in [2.05, 4.69) is 11.9 Å². The Kier molecular flexibility index (Phi) is 4.80. The number of hydrogen-bond donors (Lipinski definition) is 0. The third-order valence-electron chi connectivity index (χ3n) is 4.87. The minimum Gasteiger partial charge on any atom is -0.367 e. The summed E-state index contributed by atoms with van der Waals surface area (Å²) in [5.41, 5.74) is 2.04. The first-order valence-electron chi connectivity index (χ1n) is 8.45.